The highest BCUT2D eigenvalue weighted by Crippen LogP contribution is 2.50. The van der Waals surface area contributed by atoms with E-state index in [2.05, 4.69) is 4.52 Å². The lowest BCUT2D eigenvalue weighted by Gasteiger charge is -2.10. The Morgan fingerprint density at radius 3 is 2.23 bits per heavy atom. The maximum atomic E-state index is 13.1. The van der Waals surface area contributed by atoms with Gasteiger partial charge in [-0.05, 0) is 14.0 Å². The molecule has 0 aliphatic rings. The van der Waals surface area contributed by atoms with Gasteiger partial charge in [-0.1, -0.05) is 11.6 Å². The van der Waals surface area contributed by atoms with Crippen LogP contribution in [0.2, 0.25) is 0 Å². The van der Waals surface area contributed by atoms with E-state index < -0.39 is 16.7 Å². The van der Waals surface area contributed by atoms with E-state index in [0.29, 0.717) is 13.1 Å². The van der Waals surface area contributed by atoms with Gasteiger partial charge in [-0.2, -0.15) is 4.20 Å². The molecule has 0 aliphatic carbocycles. The molecule has 0 rings (SSSR count). The van der Waals surface area contributed by atoms with Crippen molar-refractivity contribution in [3.8, 4) is 0 Å². The van der Waals surface area contributed by atoms with Crippen molar-refractivity contribution in [1.29, 1.82) is 0 Å². The smallest absolute Gasteiger partial charge is 0.237 e. The molecule has 0 aromatic heterocycles. The maximum absolute atomic E-state index is 13.1. The summed E-state index contributed by atoms with van der Waals surface area (Å²) >= 11 is 0. The third kappa shape index (κ3) is 4.92. The molecule has 0 radical (unpaired) electrons. The van der Waals surface area contributed by atoms with E-state index in [1.807, 2.05) is 13.8 Å². The average molecular weight is 230 g/mol. The van der Waals surface area contributed by atoms with Crippen molar-refractivity contribution in [2.45, 2.75) is 13.8 Å². The first-order valence-electron chi connectivity index (χ1n) is 4.08. The summed E-state index contributed by atoms with van der Waals surface area (Å²) in [6, 6.07) is 0. The maximum Gasteiger partial charge on any atom is 0.536 e. The van der Waals surface area contributed by atoms with Gasteiger partial charge in [0.15, 0.2) is 0 Å². The molecule has 3 nitrogen and oxygen atoms in total. The highest BCUT2D eigenvalue weighted by Gasteiger charge is 2.25. The molecule has 13 heavy (non-hydrogen) atoms. The van der Waals surface area contributed by atoms with Gasteiger partial charge in [0.2, 0.25) is 0 Å². The first kappa shape index (κ1) is 13.3. The summed E-state index contributed by atoms with van der Waals surface area (Å²) in [5, 5.41) is 0. The second kappa shape index (κ2) is 6.72. The monoisotopic (exact) mass is 230 g/mol. The molecule has 0 aromatic carbocycles. The lowest BCUT2D eigenvalue weighted by atomic mass is 10.8. The quantitative estimate of drug-likeness (QED) is 0.672. The zero-order valence-corrected chi connectivity index (χ0v) is 10.2. The Kier molecular flexibility index (Phi) is 6.88. The topological polar surface area (TPSA) is 18.8 Å². The molecule has 0 bridgehead atoms. The van der Waals surface area contributed by atoms with E-state index in [1.54, 1.807) is 14.1 Å². The second-order valence-electron chi connectivity index (χ2n) is 2.52. The zero-order valence-electron chi connectivity index (χ0n) is 8.41. The van der Waals surface area contributed by atoms with Crippen molar-refractivity contribution in [2.24, 2.45) is 4.52 Å². The lowest BCUT2D eigenvalue weighted by Crippen LogP contribution is -2.08. The summed E-state index contributed by atoms with van der Waals surface area (Å²) in [5.41, 5.74) is 0. The van der Waals surface area contributed by atoms with Crippen LogP contribution in [0.4, 0.5) is 8.39 Å². The summed E-state index contributed by atoms with van der Waals surface area (Å²) < 4.78 is 32.5. The van der Waals surface area contributed by atoms with Crippen LogP contribution in [0.3, 0.4) is 0 Å². The van der Waals surface area contributed by atoms with Crippen molar-refractivity contribution in [3.63, 3.8) is 0 Å². The highest BCUT2D eigenvalue weighted by molar-refractivity contribution is 7.56. The minimum atomic E-state index is -2.15. The van der Waals surface area contributed by atoms with E-state index in [9.17, 15) is 8.39 Å². The molecule has 0 saturated heterocycles. The summed E-state index contributed by atoms with van der Waals surface area (Å²) in [4.78, 5) is 0. The van der Waals surface area contributed by atoms with Gasteiger partial charge < -0.3 is 0 Å². The van der Waals surface area contributed by atoms with Crippen LogP contribution in [0.1, 0.15) is 13.8 Å². The predicted molar refractivity (Wildman–Crippen MR) is 55.1 cm³/mol. The van der Waals surface area contributed by atoms with Gasteiger partial charge >= 0.3 is 16.7 Å². The fourth-order valence-electron chi connectivity index (χ4n) is 0.431. The molecule has 2 unspecified atom stereocenters. The SMILES string of the molecule is CCN(C)P(F)N=[P+](F)N(C)CC. The third-order valence-electron chi connectivity index (χ3n) is 1.63. The van der Waals surface area contributed by atoms with Gasteiger partial charge in [0.05, 0.1) is 4.20 Å². The van der Waals surface area contributed by atoms with E-state index in [4.69, 9.17) is 0 Å². The molecule has 0 aliphatic heterocycles. The summed E-state index contributed by atoms with van der Waals surface area (Å²) in [7, 11) is -1.09. The highest BCUT2D eigenvalue weighted by atomic mass is 31.2. The van der Waals surface area contributed by atoms with Crippen molar-refractivity contribution < 1.29 is 8.39 Å². The molecule has 7 heteroatoms. The average Bonchev–Trinajstić information content (AvgIpc) is 2.14. The summed E-state index contributed by atoms with van der Waals surface area (Å²) in [5.74, 6) is 0. The van der Waals surface area contributed by atoms with Crippen LogP contribution in [0.5, 0.6) is 0 Å². The van der Waals surface area contributed by atoms with Crippen molar-refractivity contribution in [3.05, 3.63) is 0 Å². The Bertz CT molecular complexity index is 179. The van der Waals surface area contributed by atoms with E-state index in [0.717, 1.165) is 0 Å². The van der Waals surface area contributed by atoms with Gasteiger partial charge in [-0.25, -0.2) is 4.67 Å². The molecule has 0 amide bonds. The van der Waals surface area contributed by atoms with E-state index >= 15 is 0 Å². The molecule has 2 atom stereocenters. The van der Waals surface area contributed by atoms with Crippen LogP contribution in [-0.2, 0) is 0 Å². The molecule has 78 valence electrons. The van der Waals surface area contributed by atoms with Gasteiger partial charge in [0.25, 0.3) is 0 Å². The van der Waals surface area contributed by atoms with Gasteiger partial charge in [0.1, 0.15) is 0 Å². The largest absolute Gasteiger partial charge is 0.536 e. The van der Waals surface area contributed by atoms with Crippen molar-refractivity contribution in [2.75, 3.05) is 27.2 Å². The number of hydrogen-bond donors (Lipinski definition) is 0. The van der Waals surface area contributed by atoms with E-state index in [-0.39, 0.29) is 0 Å². The Balaban J connectivity index is 4.20. The Morgan fingerprint density at radius 1 is 1.31 bits per heavy atom. The van der Waals surface area contributed by atoms with Crippen LogP contribution in [-0.4, -0.2) is 36.5 Å². The number of hydrogen-bond acceptors (Lipinski definition) is 2. The molecule has 0 N–H and O–H groups in total. The van der Waals surface area contributed by atoms with E-state index in [1.165, 1.54) is 9.34 Å². The van der Waals surface area contributed by atoms with Crippen molar-refractivity contribution >= 4 is 16.7 Å². The Hall–Kier alpha value is 0.310. The number of nitrogens with zero attached hydrogens (tertiary/aromatic N) is 3. The molecule has 0 spiro atoms. The minimum Gasteiger partial charge on any atom is -0.237 e. The van der Waals surface area contributed by atoms with Crippen LogP contribution in [0.25, 0.3) is 0 Å². The minimum absolute atomic E-state index is 0.546. The first-order valence-corrected chi connectivity index (χ1v) is 6.36. The number of halogens is 2. The molecule has 0 saturated carbocycles. The van der Waals surface area contributed by atoms with Crippen molar-refractivity contribution in [1.82, 2.24) is 9.34 Å². The standard InChI is InChI=1S/C6H16F2N3P2/c1-5-10(3)12(7)9-13(8)11(4)6-2/h5-6H2,1-4H3/q+1. The molecular weight excluding hydrogens is 214 g/mol. The molecule has 0 heterocycles. The summed E-state index contributed by atoms with van der Waals surface area (Å²) in [6.45, 7) is 4.72. The predicted octanol–water partition coefficient (Wildman–Crippen LogP) is 3.55. The van der Waals surface area contributed by atoms with Crippen LogP contribution in [0.15, 0.2) is 4.52 Å². The molecule has 0 fully saturated rings. The van der Waals surface area contributed by atoms with Gasteiger partial charge in [-0.15, -0.1) is 0 Å². The third-order valence-corrected chi connectivity index (χ3v) is 4.50. The normalized spacial score (nSPS) is 15.5. The Morgan fingerprint density at radius 2 is 1.85 bits per heavy atom. The summed E-state index contributed by atoms with van der Waals surface area (Å²) in [6.07, 6.45) is 0. The fourth-order valence-corrected chi connectivity index (χ4v) is 2.48. The lowest BCUT2D eigenvalue weighted by molar-refractivity contribution is 0.540. The second-order valence-corrected chi connectivity index (χ2v) is 5.56. The van der Waals surface area contributed by atoms with Gasteiger partial charge in [-0.3, -0.25) is 0 Å². The fraction of sp³-hybridized carbons (Fsp3) is 1.00. The van der Waals surface area contributed by atoms with Gasteiger partial charge in [0, 0.05) is 24.7 Å². The van der Waals surface area contributed by atoms with Crippen LogP contribution < -0.4 is 0 Å². The van der Waals surface area contributed by atoms with Crippen LogP contribution >= 0.6 is 16.7 Å². The number of rotatable bonds is 5. The molecule has 0 aromatic rings. The van der Waals surface area contributed by atoms with Crippen LogP contribution in [0, 0.1) is 0 Å². The molecular formula is C6H16F2N3P2+. The Labute approximate surface area is 80.7 Å². The first-order chi connectivity index (χ1) is 6.02. The zero-order chi connectivity index (χ0) is 10.4.